The van der Waals surface area contributed by atoms with Gasteiger partial charge in [-0.25, -0.2) is 9.37 Å². The number of hydrogen-bond donors (Lipinski definition) is 2. The summed E-state index contributed by atoms with van der Waals surface area (Å²) in [6.45, 7) is 0. The van der Waals surface area contributed by atoms with Crippen LogP contribution in [0.2, 0.25) is 0 Å². The molecule has 0 spiro atoms. The molecular weight excluding hydrogens is 241 g/mol. The molecule has 7 heteroatoms. The van der Waals surface area contributed by atoms with Gasteiger partial charge in [-0.3, -0.25) is 0 Å². The van der Waals surface area contributed by atoms with Crippen molar-refractivity contribution in [1.29, 1.82) is 0 Å². The second-order valence-corrected chi connectivity index (χ2v) is 3.96. The third kappa shape index (κ3) is 1.55. The van der Waals surface area contributed by atoms with Crippen LogP contribution in [0.5, 0.6) is 0 Å². The molecule has 5 nitrogen and oxygen atoms in total. The maximum Gasteiger partial charge on any atom is 0.171 e. The van der Waals surface area contributed by atoms with E-state index in [1.807, 2.05) is 0 Å². The van der Waals surface area contributed by atoms with E-state index >= 15 is 0 Å². The molecule has 0 atom stereocenters. The van der Waals surface area contributed by atoms with Gasteiger partial charge in [0.2, 0.25) is 0 Å². The van der Waals surface area contributed by atoms with E-state index in [1.54, 1.807) is 19.2 Å². The fourth-order valence-corrected chi connectivity index (χ4v) is 2.17. The summed E-state index contributed by atoms with van der Waals surface area (Å²) < 4.78 is 21.7. The van der Waals surface area contributed by atoms with Gasteiger partial charge in [0, 0.05) is 7.05 Å². The average Bonchev–Trinajstić information content (AvgIpc) is 2.94. The molecule has 1 aromatic carbocycles. The van der Waals surface area contributed by atoms with Crippen molar-refractivity contribution in [1.82, 2.24) is 18.7 Å². The summed E-state index contributed by atoms with van der Waals surface area (Å²) in [5, 5.41) is 2.92. The predicted octanol–water partition coefficient (Wildman–Crippen LogP) is 2.26. The Morgan fingerprint density at radius 3 is 3.00 bits per heavy atom. The molecule has 2 heterocycles. The van der Waals surface area contributed by atoms with Gasteiger partial charge in [0.05, 0.1) is 17.2 Å². The highest BCUT2D eigenvalue weighted by atomic mass is 32.1. The van der Waals surface area contributed by atoms with Crippen LogP contribution in [-0.2, 0) is 0 Å². The maximum absolute atomic E-state index is 13.5. The molecule has 2 N–H and O–H groups in total. The largest absolute Gasteiger partial charge is 0.370 e. The molecule has 0 fully saturated rings. The molecule has 0 bridgehead atoms. The quantitative estimate of drug-likeness (QED) is 0.731. The minimum absolute atomic E-state index is 0.324. The van der Waals surface area contributed by atoms with Crippen molar-refractivity contribution in [3.05, 3.63) is 24.0 Å². The van der Waals surface area contributed by atoms with E-state index in [9.17, 15) is 4.39 Å². The minimum Gasteiger partial charge on any atom is -0.370 e. The third-order valence-corrected chi connectivity index (χ3v) is 2.95. The van der Waals surface area contributed by atoms with Crippen molar-refractivity contribution in [2.24, 2.45) is 0 Å². The number of nitrogens with one attached hydrogen (secondary N) is 2. The van der Waals surface area contributed by atoms with Gasteiger partial charge in [-0.05, 0) is 12.1 Å². The van der Waals surface area contributed by atoms with Crippen molar-refractivity contribution in [3.63, 3.8) is 0 Å². The van der Waals surface area contributed by atoms with Gasteiger partial charge in [0.25, 0.3) is 0 Å². The normalized spacial score (nSPS) is 10.9. The first kappa shape index (κ1) is 10.2. The van der Waals surface area contributed by atoms with Crippen LogP contribution in [0.4, 0.5) is 10.2 Å². The summed E-state index contributed by atoms with van der Waals surface area (Å²) in [6.07, 6.45) is 0. The van der Waals surface area contributed by atoms with E-state index in [1.165, 1.54) is 6.07 Å². The predicted molar refractivity (Wildman–Crippen MR) is 64.5 cm³/mol. The summed E-state index contributed by atoms with van der Waals surface area (Å²) in [6, 6.07) is 4.76. The van der Waals surface area contributed by atoms with Crippen LogP contribution in [0.25, 0.3) is 22.6 Å². The monoisotopic (exact) mass is 249 g/mol. The molecule has 0 amide bonds. The van der Waals surface area contributed by atoms with E-state index in [0.717, 1.165) is 11.7 Å². The lowest BCUT2D eigenvalue weighted by molar-refractivity contribution is 0.637. The molecule has 0 saturated heterocycles. The van der Waals surface area contributed by atoms with E-state index < -0.39 is 0 Å². The zero-order valence-electron chi connectivity index (χ0n) is 8.86. The van der Waals surface area contributed by atoms with Gasteiger partial charge in [0.1, 0.15) is 11.3 Å². The Morgan fingerprint density at radius 1 is 1.35 bits per heavy atom. The van der Waals surface area contributed by atoms with Crippen LogP contribution >= 0.6 is 11.7 Å². The van der Waals surface area contributed by atoms with Crippen molar-refractivity contribution in [2.45, 2.75) is 0 Å². The fraction of sp³-hybridized carbons (Fsp3) is 0.100. The fourth-order valence-electron chi connectivity index (χ4n) is 1.62. The van der Waals surface area contributed by atoms with E-state index in [2.05, 4.69) is 24.0 Å². The van der Waals surface area contributed by atoms with Crippen molar-refractivity contribution >= 4 is 28.6 Å². The van der Waals surface area contributed by atoms with E-state index in [4.69, 9.17) is 0 Å². The maximum atomic E-state index is 13.5. The first-order chi connectivity index (χ1) is 8.29. The molecule has 3 aromatic rings. The highest BCUT2D eigenvalue weighted by molar-refractivity contribution is 6.99. The minimum atomic E-state index is -0.324. The van der Waals surface area contributed by atoms with Crippen LogP contribution in [0.3, 0.4) is 0 Å². The average molecular weight is 249 g/mol. The number of aromatic nitrogens is 4. The Balaban J connectivity index is 2.22. The number of imidazole rings is 1. The zero-order chi connectivity index (χ0) is 11.8. The topological polar surface area (TPSA) is 66.5 Å². The molecule has 0 aliphatic rings. The van der Waals surface area contributed by atoms with E-state index in [-0.39, 0.29) is 5.82 Å². The Bertz CT molecular complexity index is 674. The number of hydrogen-bond acceptors (Lipinski definition) is 5. The Hall–Kier alpha value is -2.02. The third-order valence-electron chi connectivity index (χ3n) is 2.42. The van der Waals surface area contributed by atoms with Crippen LogP contribution in [0.1, 0.15) is 0 Å². The molecule has 2 aromatic heterocycles. The van der Waals surface area contributed by atoms with Crippen molar-refractivity contribution < 1.29 is 4.39 Å². The number of rotatable bonds is 2. The smallest absolute Gasteiger partial charge is 0.171 e. The molecular formula is C10H8FN5S. The van der Waals surface area contributed by atoms with Crippen molar-refractivity contribution in [3.8, 4) is 11.5 Å². The number of nitrogens with zero attached hydrogens (tertiary/aromatic N) is 3. The van der Waals surface area contributed by atoms with Crippen molar-refractivity contribution in [2.75, 3.05) is 12.4 Å². The number of fused-ring (bicyclic) bond motifs is 1. The molecule has 0 aliphatic heterocycles. The molecule has 17 heavy (non-hydrogen) atoms. The number of para-hydroxylation sites is 1. The van der Waals surface area contributed by atoms with Gasteiger partial charge in [-0.1, -0.05) is 6.07 Å². The number of benzene rings is 1. The van der Waals surface area contributed by atoms with Gasteiger partial charge < -0.3 is 10.3 Å². The second kappa shape index (κ2) is 3.77. The molecule has 0 radical (unpaired) electrons. The molecule has 3 rings (SSSR count). The first-order valence-corrected chi connectivity index (χ1v) is 5.67. The molecule has 0 unspecified atom stereocenters. The highest BCUT2D eigenvalue weighted by Crippen LogP contribution is 2.26. The highest BCUT2D eigenvalue weighted by Gasteiger charge is 2.14. The Labute approximate surface area is 100 Å². The van der Waals surface area contributed by atoms with Crippen LogP contribution in [0.15, 0.2) is 18.2 Å². The lowest BCUT2D eigenvalue weighted by Gasteiger charge is -1.94. The first-order valence-electron chi connectivity index (χ1n) is 4.94. The van der Waals surface area contributed by atoms with Gasteiger partial charge >= 0.3 is 0 Å². The second-order valence-electron chi connectivity index (χ2n) is 3.43. The molecule has 0 saturated carbocycles. The van der Waals surface area contributed by atoms with Crippen LogP contribution < -0.4 is 5.32 Å². The SMILES string of the molecule is CNc1nsnc1-c1nc2cccc(F)c2[nH]1. The zero-order valence-corrected chi connectivity index (χ0v) is 9.68. The van der Waals surface area contributed by atoms with Gasteiger partial charge in [-0.15, -0.1) is 0 Å². The molecule has 0 aliphatic carbocycles. The Morgan fingerprint density at radius 2 is 2.24 bits per heavy atom. The summed E-state index contributed by atoms with van der Waals surface area (Å²) in [5.41, 5.74) is 1.57. The van der Waals surface area contributed by atoms with Crippen LogP contribution in [0, 0.1) is 5.82 Å². The number of aromatic amines is 1. The standard InChI is InChI=1S/C10H8FN5S/c1-12-9-8(15-17-16-9)10-13-6-4-2-3-5(11)7(6)14-10/h2-4H,1H3,(H,12,16)(H,13,14). The summed E-state index contributed by atoms with van der Waals surface area (Å²) in [4.78, 5) is 7.21. The number of H-pyrrole nitrogens is 1. The van der Waals surface area contributed by atoms with E-state index in [0.29, 0.717) is 28.4 Å². The summed E-state index contributed by atoms with van der Waals surface area (Å²) >= 11 is 1.08. The van der Waals surface area contributed by atoms with Crippen LogP contribution in [-0.4, -0.2) is 25.8 Å². The number of anilines is 1. The molecule has 86 valence electrons. The number of halogens is 1. The lowest BCUT2D eigenvalue weighted by Crippen LogP contribution is -1.91. The summed E-state index contributed by atoms with van der Waals surface area (Å²) in [7, 11) is 1.75. The Kier molecular flexibility index (Phi) is 2.25. The van der Waals surface area contributed by atoms with Gasteiger partial charge in [-0.2, -0.15) is 8.75 Å². The lowest BCUT2D eigenvalue weighted by atomic mass is 10.3. The summed E-state index contributed by atoms with van der Waals surface area (Å²) in [5.74, 6) is 0.827. The van der Waals surface area contributed by atoms with Gasteiger partial charge in [0.15, 0.2) is 17.3 Å².